The van der Waals surface area contributed by atoms with Gasteiger partial charge in [-0.2, -0.15) is 0 Å². The quantitative estimate of drug-likeness (QED) is 0.790. The van der Waals surface area contributed by atoms with Crippen LogP contribution in [0.1, 0.15) is 51.5 Å². The van der Waals surface area contributed by atoms with Crippen molar-refractivity contribution in [2.24, 2.45) is 5.73 Å². The van der Waals surface area contributed by atoms with Gasteiger partial charge in [-0.15, -0.1) is 0 Å². The number of rotatable bonds is 6. The van der Waals surface area contributed by atoms with E-state index in [0.717, 1.165) is 13.1 Å². The first kappa shape index (κ1) is 14.4. The van der Waals surface area contributed by atoms with Gasteiger partial charge in [0, 0.05) is 24.3 Å². The van der Waals surface area contributed by atoms with E-state index in [-0.39, 0.29) is 5.54 Å². The third-order valence-corrected chi connectivity index (χ3v) is 4.52. The molecular weight excluding hydrogens is 232 g/mol. The number of hydrogen-bond donors (Lipinski definition) is 1. The van der Waals surface area contributed by atoms with Crippen LogP contribution in [0.25, 0.3) is 0 Å². The maximum absolute atomic E-state index is 6.14. The van der Waals surface area contributed by atoms with Crippen LogP contribution >= 0.6 is 0 Å². The molecule has 0 amide bonds. The van der Waals surface area contributed by atoms with Gasteiger partial charge in [0.25, 0.3) is 0 Å². The zero-order chi connectivity index (χ0) is 13.7. The van der Waals surface area contributed by atoms with Gasteiger partial charge in [-0.3, -0.25) is 0 Å². The van der Waals surface area contributed by atoms with Crippen LogP contribution < -0.4 is 10.6 Å². The number of unbranched alkanes of at least 4 members (excludes halogenated alkanes) is 2. The predicted molar refractivity (Wildman–Crippen MR) is 83.7 cm³/mol. The molecule has 0 radical (unpaired) electrons. The van der Waals surface area contributed by atoms with Crippen molar-refractivity contribution in [3.63, 3.8) is 0 Å². The third kappa shape index (κ3) is 3.11. The molecule has 1 aliphatic heterocycles. The summed E-state index contributed by atoms with van der Waals surface area (Å²) in [7, 11) is 0. The van der Waals surface area contributed by atoms with Gasteiger partial charge in [0.1, 0.15) is 0 Å². The van der Waals surface area contributed by atoms with Gasteiger partial charge in [-0.05, 0) is 37.8 Å². The topological polar surface area (TPSA) is 29.3 Å². The van der Waals surface area contributed by atoms with Gasteiger partial charge in [0.05, 0.1) is 0 Å². The Morgan fingerprint density at radius 1 is 1.26 bits per heavy atom. The van der Waals surface area contributed by atoms with Crippen LogP contribution in [0.3, 0.4) is 0 Å². The molecule has 0 fully saturated rings. The highest BCUT2D eigenvalue weighted by Gasteiger charge is 2.32. The first-order valence-corrected chi connectivity index (χ1v) is 7.77. The number of benzene rings is 1. The van der Waals surface area contributed by atoms with E-state index < -0.39 is 0 Å². The minimum Gasteiger partial charge on any atom is -0.365 e. The van der Waals surface area contributed by atoms with Crippen molar-refractivity contribution in [2.75, 3.05) is 18.0 Å². The molecular formula is C17H28N2. The number of aryl methyl sites for hydroxylation is 1. The van der Waals surface area contributed by atoms with Crippen LogP contribution in [0.15, 0.2) is 24.3 Å². The Morgan fingerprint density at radius 2 is 2.05 bits per heavy atom. The lowest BCUT2D eigenvalue weighted by molar-refractivity contribution is 0.374. The van der Waals surface area contributed by atoms with Gasteiger partial charge >= 0.3 is 0 Å². The second-order valence-electron chi connectivity index (χ2n) is 6.04. The molecule has 0 bridgehead atoms. The van der Waals surface area contributed by atoms with Gasteiger partial charge < -0.3 is 10.6 Å². The van der Waals surface area contributed by atoms with Gasteiger partial charge in [-0.25, -0.2) is 0 Å². The molecule has 0 aromatic heterocycles. The van der Waals surface area contributed by atoms with E-state index in [4.69, 9.17) is 5.73 Å². The minimum absolute atomic E-state index is 0.117. The summed E-state index contributed by atoms with van der Waals surface area (Å²) in [5.74, 6) is 0. The number of nitrogens with zero attached hydrogens (tertiary/aromatic N) is 1. The molecule has 0 saturated carbocycles. The van der Waals surface area contributed by atoms with Crippen LogP contribution in [0.2, 0.25) is 0 Å². The SMILES string of the molecule is CCCCCC(C)(CN)N1CCCc2ccccc21. The molecule has 1 aromatic rings. The molecule has 1 aliphatic rings. The van der Waals surface area contributed by atoms with E-state index in [1.54, 1.807) is 0 Å². The number of hydrogen-bond acceptors (Lipinski definition) is 2. The summed E-state index contributed by atoms with van der Waals surface area (Å²) in [5, 5.41) is 0. The molecule has 0 saturated heterocycles. The second kappa shape index (κ2) is 6.42. The van der Waals surface area contributed by atoms with Gasteiger partial charge in [-0.1, -0.05) is 44.4 Å². The lowest BCUT2D eigenvalue weighted by atomic mass is 9.88. The summed E-state index contributed by atoms with van der Waals surface area (Å²) in [4.78, 5) is 2.57. The molecule has 1 atom stereocenters. The van der Waals surface area contributed by atoms with E-state index in [0.29, 0.717) is 0 Å². The Morgan fingerprint density at radius 3 is 2.79 bits per heavy atom. The molecule has 2 N–H and O–H groups in total. The number of para-hydroxylation sites is 1. The minimum atomic E-state index is 0.117. The highest BCUT2D eigenvalue weighted by Crippen LogP contribution is 2.34. The van der Waals surface area contributed by atoms with Crippen molar-refractivity contribution >= 4 is 5.69 Å². The van der Waals surface area contributed by atoms with Crippen molar-refractivity contribution in [3.05, 3.63) is 29.8 Å². The molecule has 1 unspecified atom stereocenters. The third-order valence-electron chi connectivity index (χ3n) is 4.52. The van der Waals surface area contributed by atoms with Crippen LogP contribution in [-0.2, 0) is 6.42 Å². The number of anilines is 1. The first-order valence-electron chi connectivity index (χ1n) is 7.77. The Balaban J connectivity index is 2.19. The van der Waals surface area contributed by atoms with E-state index in [2.05, 4.69) is 43.0 Å². The van der Waals surface area contributed by atoms with Crippen LogP contribution in [0.5, 0.6) is 0 Å². The summed E-state index contributed by atoms with van der Waals surface area (Å²) < 4.78 is 0. The van der Waals surface area contributed by atoms with Gasteiger partial charge in [0.15, 0.2) is 0 Å². The Labute approximate surface area is 118 Å². The van der Waals surface area contributed by atoms with Crippen molar-refractivity contribution in [3.8, 4) is 0 Å². The largest absolute Gasteiger partial charge is 0.365 e. The van der Waals surface area contributed by atoms with Crippen molar-refractivity contribution < 1.29 is 0 Å². The van der Waals surface area contributed by atoms with Crippen molar-refractivity contribution in [2.45, 2.75) is 57.9 Å². The first-order chi connectivity index (χ1) is 9.21. The normalized spacial score (nSPS) is 17.9. The fraction of sp³-hybridized carbons (Fsp3) is 0.647. The van der Waals surface area contributed by atoms with Gasteiger partial charge in [0.2, 0.25) is 0 Å². The molecule has 1 heterocycles. The molecule has 2 nitrogen and oxygen atoms in total. The lowest BCUT2D eigenvalue weighted by Crippen LogP contribution is -2.53. The summed E-state index contributed by atoms with van der Waals surface area (Å²) >= 11 is 0. The standard InChI is InChI=1S/C17H28N2/c1-3-4-7-12-17(2,14-18)19-13-8-10-15-9-5-6-11-16(15)19/h5-6,9,11H,3-4,7-8,10,12-14,18H2,1-2H3. The van der Waals surface area contributed by atoms with Crippen LogP contribution in [-0.4, -0.2) is 18.6 Å². The zero-order valence-electron chi connectivity index (χ0n) is 12.5. The second-order valence-corrected chi connectivity index (χ2v) is 6.04. The molecule has 19 heavy (non-hydrogen) atoms. The number of fused-ring (bicyclic) bond motifs is 1. The maximum atomic E-state index is 6.14. The van der Waals surface area contributed by atoms with Crippen LogP contribution in [0.4, 0.5) is 5.69 Å². The molecule has 2 heteroatoms. The van der Waals surface area contributed by atoms with E-state index >= 15 is 0 Å². The summed E-state index contributed by atoms with van der Waals surface area (Å²) in [6.45, 7) is 6.49. The Hall–Kier alpha value is -1.02. The van der Waals surface area contributed by atoms with Crippen molar-refractivity contribution in [1.82, 2.24) is 0 Å². The predicted octanol–water partition coefficient (Wildman–Crippen LogP) is 3.74. The maximum Gasteiger partial charge on any atom is 0.0496 e. The van der Waals surface area contributed by atoms with Crippen LogP contribution in [0, 0.1) is 0 Å². The van der Waals surface area contributed by atoms with E-state index in [9.17, 15) is 0 Å². The van der Waals surface area contributed by atoms with E-state index in [1.807, 2.05) is 0 Å². The summed E-state index contributed by atoms with van der Waals surface area (Å²) in [6.07, 6.45) is 7.53. The summed E-state index contributed by atoms with van der Waals surface area (Å²) in [6, 6.07) is 8.84. The fourth-order valence-corrected chi connectivity index (χ4v) is 3.20. The molecule has 0 aliphatic carbocycles. The smallest absolute Gasteiger partial charge is 0.0496 e. The fourth-order valence-electron chi connectivity index (χ4n) is 3.20. The Bertz CT molecular complexity index is 402. The zero-order valence-corrected chi connectivity index (χ0v) is 12.5. The molecule has 2 rings (SSSR count). The lowest BCUT2D eigenvalue weighted by Gasteiger charge is -2.45. The highest BCUT2D eigenvalue weighted by molar-refractivity contribution is 5.57. The summed E-state index contributed by atoms with van der Waals surface area (Å²) in [5.41, 5.74) is 9.16. The number of nitrogens with two attached hydrogens (primary N) is 1. The monoisotopic (exact) mass is 260 g/mol. The molecule has 106 valence electrons. The molecule has 1 aromatic carbocycles. The molecule has 0 spiro atoms. The Kier molecular flexibility index (Phi) is 4.87. The highest BCUT2D eigenvalue weighted by atomic mass is 15.2. The average Bonchev–Trinajstić information content (AvgIpc) is 2.46. The van der Waals surface area contributed by atoms with E-state index in [1.165, 1.54) is 49.8 Å². The average molecular weight is 260 g/mol. The van der Waals surface area contributed by atoms with Crippen molar-refractivity contribution in [1.29, 1.82) is 0 Å².